The zero-order chi connectivity index (χ0) is 17.4. The quantitative estimate of drug-likeness (QED) is 0.788. The minimum atomic E-state index is 0. The molecule has 4 nitrogen and oxygen atoms in total. The van der Waals surface area contributed by atoms with Gasteiger partial charge in [-0.25, -0.2) is 0 Å². The Bertz CT molecular complexity index is 703. The molecule has 144 valence electrons. The number of rotatable bonds is 6. The summed E-state index contributed by atoms with van der Waals surface area (Å²) in [6.07, 6.45) is 6.30. The number of nitrogens with one attached hydrogen (secondary N) is 1. The molecule has 0 bridgehead atoms. The van der Waals surface area contributed by atoms with Crippen molar-refractivity contribution in [3.63, 3.8) is 0 Å². The summed E-state index contributed by atoms with van der Waals surface area (Å²) in [5.74, 6) is 0. The van der Waals surface area contributed by atoms with Crippen LogP contribution in [0.2, 0.25) is 0 Å². The van der Waals surface area contributed by atoms with Gasteiger partial charge < -0.3 is 5.32 Å². The van der Waals surface area contributed by atoms with E-state index >= 15 is 0 Å². The molecule has 4 rings (SSSR count). The second-order valence-corrected chi connectivity index (χ2v) is 8.96. The molecule has 0 aromatic carbocycles. The zero-order valence-electron chi connectivity index (χ0n) is 16.1. The first-order valence-corrected chi connectivity index (χ1v) is 10.5. The standard InChI is InChI=1S/C20H30N4S.ClH/c1-15(2)24-13-18(16(3)22-24)12-23(11-17-4-9-25-14-17)19-10-20(19)5-7-21-8-6-20;/h4,9,13-15,19,21H,5-8,10-12H2,1-3H3;1H. The van der Waals surface area contributed by atoms with Crippen LogP contribution in [0.4, 0.5) is 0 Å². The third kappa shape index (κ3) is 4.01. The van der Waals surface area contributed by atoms with E-state index in [0.717, 1.165) is 19.1 Å². The van der Waals surface area contributed by atoms with E-state index in [4.69, 9.17) is 5.10 Å². The van der Waals surface area contributed by atoms with E-state index in [1.165, 1.54) is 49.2 Å². The largest absolute Gasteiger partial charge is 0.317 e. The third-order valence-electron chi connectivity index (χ3n) is 6.07. The molecule has 1 aliphatic carbocycles. The number of halogens is 1. The Hall–Kier alpha value is -0.880. The monoisotopic (exact) mass is 394 g/mol. The summed E-state index contributed by atoms with van der Waals surface area (Å²) in [5.41, 5.74) is 4.60. The van der Waals surface area contributed by atoms with Gasteiger partial charge in [-0.3, -0.25) is 9.58 Å². The summed E-state index contributed by atoms with van der Waals surface area (Å²) < 4.78 is 2.11. The van der Waals surface area contributed by atoms with Crippen molar-refractivity contribution in [1.82, 2.24) is 20.0 Å². The highest BCUT2D eigenvalue weighted by atomic mass is 35.5. The maximum absolute atomic E-state index is 4.73. The molecule has 0 radical (unpaired) electrons. The molecule has 26 heavy (non-hydrogen) atoms. The second-order valence-electron chi connectivity index (χ2n) is 8.18. The SMILES string of the molecule is Cc1nn(C(C)C)cc1CN(Cc1ccsc1)C1CC12CCNCC2.Cl. The Morgan fingerprint density at radius 2 is 2.12 bits per heavy atom. The lowest BCUT2D eigenvalue weighted by Crippen LogP contribution is -2.35. The van der Waals surface area contributed by atoms with E-state index < -0.39 is 0 Å². The molecule has 1 spiro atoms. The normalized spacial score (nSPS) is 21.3. The van der Waals surface area contributed by atoms with E-state index in [2.05, 4.69) is 58.7 Å². The van der Waals surface area contributed by atoms with Gasteiger partial charge >= 0.3 is 0 Å². The van der Waals surface area contributed by atoms with Crippen LogP contribution >= 0.6 is 23.7 Å². The van der Waals surface area contributed by atoms with E-state index in [9.17, 15) is 0 Å². The minimum absolute atomic E-state index is 0. The molecular weight excluding hydrogens is 364 g/mol. The number of piperidine rings is 1. The first-order chi connectivity index (χ1) is 12.1. The van der Waals surface area contributed by atoms with Gasteiger partial charge in [-0.1, -0.05) is 0 Å². The van der Waals surface area contributed by atoms with Gasteiger partial charge in [0.15, 0.2) is 0 Å². The number of aryl methyl sites for hydroxylation is 1. The van der Waals surface area contributed by atoms with Gasteiger partial charge in [0, 0.05) is 36.9 Å². The van der Waals surface area contributed by atoms with Gasteiger partial charge in [0.05, 0.1) is 5.69 Å². The Morgan fingerprint density at radius 3 is 2.73 bits per heavy atom. The van der Waals surface area contributed by atoms with Crippen LogP contribution in [0, 0.1) is 12.3 Å². The molecular formula is C20H31ClN4S. The van der Waals surface area contributed by atoms with Gasteiger partial charge in [-0.05, 0) is 80.9 Å². The van der Waals surface area contributed by atoms with Gasteiger partial charge in [-0.15, -0.1) is 12.4 Å². The van der Waals surface area contributed by atoms with E-state index in [0.29, 0.717) is 11.5 Å². The summed E-state index contributed by atoms with van der Waals surface area (Å²) in [7, 11) is 0. The highest BCUT2D eigenvalue weighted by Gasteiger charge is 2.56. The van der Waals surface area contributed by atoms with E-state index in [-0.39, 0.29) is 12.4 Å². The number of nitrogens with zero attached hydrogens (tertiary/aromatic N) is 3. The number of hydrogen-bond acceptors (Lipinski definition) is 4. The van der Waals surface area contributed by atoms with Crippen LogP contribution in [0.5, 0.6) is 0 Å². The third-order valence-corrected chi connectivity index (χ3v) is 6.81. The number of hydrogen-bond donors (Lipinski definition) is 1. The van der Waals surface area contributed by atoms with Crippen LogP contribution in [0.3, 0.4) is 0 Å². The number of thiophene rings is 1. The average Bonchev–Trinajstić information content (AvgIpc) is 2.95. The molecule has 1 unspecified atom stereocenters. The van der Waals surface area contributed by atoms with Crippen LogP contribution in [-0.2, 0) is 13.1 Å². The average molecular weight is 395 g/mol. The van der Waals surface area contributed by atoms with Gasteiger partial charge in [-0.2, -0.15) is 16.4 Å². The van der Waals surface area contributed by atoms with Crippen molar-refractivity contribution in [2.24, 2.45) is 5.41 Å². The fraction of sp³-hybridized carbons (Fsp3) is 0.650. The first kappa shape index (κ1) is 19.9. The van der Waals surface area contributed by atoms with Crippen molar-refractivity contribution in [2.75, 3.05) is 13.1 Å². The molecule has 2 aliphatic rings. The molecule has 0 amide bonds. The Morgan fingerprint density at radius 1 is 1.35 bits per heavy atom. The molecule has 3 heterocycles. The van der Waals surface area contributed by atoms with Crippen molar-refractivity contribution < 1.29 is 0 Å². The molecule has 1 saturated heterocycles. The van der Waals surface area contributed by atoms with E-state index in [1.54, 1.807) is 11.3 Å². The van der Waals surface area contributed by atoms with Crippen LogP contribution in [0.15, 0.2) is 23.0 Å². The fourth-order valence-corrected chi connectivity index (χ4v) is 5.02. The first-order valence-electron chi connectivity index (χ1n) is 9.58. The summed E-state index contributed by atoms with van der Waals surface area (Å²) in [6.45, 7) is 11.0. The number of aromatic nitrogens is 2. The predicted molar refractivity (Wildman–Crippen MR) is 111 cm³/mol. The summed E-state index contributed by atoms with van der Waals surface area (Å²) >= 11 is 1.81. The van der Waals surface area contributed by atoms with Gasteiger partial charge in [0.2, 0.25) is 0 Å². The van der Waals surface area contributed by atoms with Gasteiger partial charge in [0.1, 0.15) is 0 Å². The molecule has 6 heteroatoms. The smallest absolute Gasteiger partial charge is 0.0638 e. The molecule has 2 aromatic rings. The minimum Gasteiger partial charge on any atom is -0.317 e. The fourth-order valence-electron chi connectivity index (χ4n) is 4.36. The van der Waals surface area contributed by atoms with Crippen LogP contribution in [0.25, 0.3) is 0 Å². The predicted octanol–water partition coefficient (Wildman–Crippen LogP) is 4.40. The Kier molecular flexibility index (Phi) is 6.12. The highest BCUT2D eigenvalue weighted by molar-refractivity contribution is 7.07. The summed E-state index contributed by atoms with van der Waals surface area (Å²) in [4.78, 5) is 2.72. The Balaban J connectivity index is 0.00000196. The van der Waals surface area contributed by atoms with Crippen molar-refractivity contribution in [3.05, 3.63) is 39.8 Å². The van der Waals surface area contributed by atoms with E-state index in [1.807, 2.05) is 0 Å². The van der Waals surface area contributed by atoms with Crippen molar-refractivity contribution in [1.29, 1.82) is 0 Å². The lowest BCUT2D eigenvalue weighted by Gasteiger charge is -2.29. The Labute approximate surface area is 167 Å². The zero-order valence-corrected chi connectivity index (χ0v) is 17.7. The highest BCUT2D eigenvalue weighted by Crippen LogP contribution is 2.56. The summed E-state index contributed by atoms with van der Waals surface area (Å²) in [5, 5.41) is 12.8. The molecule has 2 fully saturated rings. The van der Waals surface area contributed by atoms with Crippen LogP contribution < -0.4 is 5.32 Å². The van der Waals surface area contributed by atoms with Crippen LogP contribution in [0.1, 0.15) is 56.0 Å². The van der Waals surface area contributed by atoms with Crippen molar-refractivity contribution in [2.45, 2.75) is 65.2 Å². The van der Waals surface area contributed by atoms with Crippen molar-refractivity contribution in [3.8, 4) is 0 Å². The molecule has 2 aromatic heterocycles. The molecule has 1 saturated carbocycles. The molecule has 1 N–H and O–H groups in total. The topological polar surface area (TPSA) is 33.1 Å². The van der Waals surface area contributed by atoms with Crippen molar-refractivity contribution >= 4 is 23.7 Å². The lowest BCUT2D eigenvalue weighted by molar-refractivity contribution is 0.188. The molecule has 1 atom stereocenters. The second kappa shape index (κ2) is 8.01. The van der Waals surface area contributed by atoms with Crippen LogP contribution in [-0.4, -0.2) is 33.8 Å². The molecule has 1 aliphatic heterocycles. The lowest BCUT2D eigenvalue weighted by atomic mass is 9.93. The van der Waals surface area contributed by atoms with Gasteiger partial charge in [0.25, 0.3) is 0 Å². The maximum Gasteiger partial charge on any atom is 0.0638 e. The summed E-state index contributed by atoms with van der Waals surface area (Å²) in [6, 6.07) is 3.44. The maximum atomic E-state index is 4.73.